The van der Waals surface area contributed by atoms with Crippen LogP contribution in [0, 0.1) is 18.2 Å². The van der Waals surface area contributed by atoms with Crippen LogP contribution in [0.15, 0.2) is 30.5 Å². The molecule has 0 amide bonds. The van der Waals surface area contributed by atoms with E-state index in [2.05, 4.69) is 34.7 Å². The van der Waals surface area contributed by atoms with Gasteiger partial charge in [-0.3, -0.25) is 9.89 Å². The van der Waals surface area contributed by atoms with Crippen LogP contribution in [0.2, 0.25) is 0 Å². The van der Waals surface area contributed by atoms with Crippen LogP contribution in [0.5, 0.6) is 0 Å². The first-order chi connectivity index (χ1) is 16.6. The van der Waals surface area contributed by atoms with E-state index in [1.165, 1.54) is 6.07 Å². The summed E-state index contributed by atoms with van der Waals surface area (Å²) in [6.45, 7) is 8.30. The van der Waals surface area contributed by atoms with Crippen molar-refractivity contribution in [1.29, 1.82) is 0 Å². The molecule has 2 N–H and O–H groups in total. The summed E-state index contributed by atoms with van der Waals surface area (Å²) in [5.41, 5.74) is 4.64. The maximum absolute atomic E-state index is 14.3. The number of rotatable bonds is 6. The van der Waals surface area contributed by atoms with Crippen LogP contribution in [0.4, 0.5) is 4.39 Å². The molecule has 3 aromatic heterocycles. The summed E-state index contributed by atoms with van der Waals surface area (Å²) in [4.78, 5) is 17.1. The number of fused-ring (bicyclic) bond motifs is 2. The van der Waals surface area contributed by atoms with Crippen molar-refractivity contribution in [2.45, 2.75) is 58.3 Å². The van der Waals surface area contributed by atoms with Gasteiger partial charge >= 0.3 is 5.97 Å². The molecular formula is C27H31FN4O3. The van der Waals surface area contributed by atoms with Crippen LogP contribution in [0.25, 0.3) is 27.8 Å². The zero-order chi connectivity index (χ0) is 25.1. The van der Waals surface area contributed by atoms with Crippen LogP contribution in [-0.2, 0) is 14.9 Å². The van der Waals surface area contributed by atoms with Crippen LogP contribution >= 0.6 is 0 Å². The van der Waals surface area contributed by atoms with Gasteiger partial charge in [0.25, 0.3) is 0 Å². The minimum Gasteiger partial charge on any atom is -0.481 e. The van der Waals surface area contributed by atoms with Gasteiger partial charge in [-0.05, 0) is 68.9 Å². The molecule has 0 bridgehead atoms. The molecule has 5 rings (SSSR count). The number of aromatic nitrogens is 4. The smallest absolute Gasteiger partial charge is 0.309 e. The summed E-state index contributed by atoms with van der Waals surface area (Å²) in [5, 5.41) is 17.9. The Hall–Kier alpha value is -3.26. The second-order valence-electron chi connectivity index (χ2n) is 10.8. The molecule has 1 aliphatic carbocycles. The van der Waals surface area contributed by atoms with E-state index < -0.39 is 16.8 Å². The Balaban J connectivity index is 1.88. The molecular weight excluding hydrogens is 447 g/mol. The SMILES string of the molecule is COCC(C)(C)c1c([C@@H]2CC[C@@](C)(C(=O)O)C2)c2nc3[nH]ncc3cc2n1-c1ccc(F)c(C)c1. The third kappa shape index (κ3) is 3.71. The second kappa shape index (κ2) is 8.16. The lowest BCUT2D eigenvalue weighted by atomic mass is 9.81. The maximum atomic E-state index is 14.3. The van der Waals surface area contributed by atoms with Gasteiger partial charge in [-0.15, -0.1) is 0 Å². The normalized spacial score (nSPS) is 20.8. The van der Waals surface area contributed by atoms with Crippen molar-refractivity contribution in [3.8, 4) is 5.69 Å². The molecule has 2 atom stereocenters. The molecule has 1 fully saturated rings. The number of hydrogen-bond acceptors (Lipinski definition) is 4. The Morgan fingerprint density at radius 2 is 2.14 bits per heavy atom. The van der Waals surface area contributed by atoms with Crippen molar-refractivity contribution in [2.24, 2.45) is 5.41 Å². The van der Waals surface area contributed by atoms with E-state index in [1.807, 2.05) is 13.0 Å². The molecule has 35 heavy (non-hydrogen) atoms. The zero-order valence-electron chi connectivity index (χ0n) is 20.8. The molecule has 0 aliphatic heterocycles. The minimum atomic E-state index is -0.785. The lowest BCUT2D eigenvalue weighted by Crippen LogP contribution is -2.29. The third-order valence-electron chi connectivity index (χ3n) is 7.59. The predicted octanol–water partition coefficient (Wildman–Crippen LogP) is 5.63. The van der Waals surface area contributed by atoms with Crippen molar-refractivity contribution in [1.82, 2.24) is 19.7 Å². The van der Waals surface area contributed by atoms with Gasteiger partial charge in [0.1, 0.15) is 5.82 Å². The number of methoxy groups -OCH3 is 1. The van der Waals surface area contributed by atoms with Gasteiger partial charge in [-0.1, -0.05) is 13.8 Å². The van der Waals surface area contributed by atoms with E-state index in [4.69, 9.17) is 9.72 Å². The van der Waals surface area contributed by atoms with Gasteiger partial charge in [0, 0.05) is 34.9 Å². The number of H-pyrrole nitrogens is 1. The fraction of sp³-hybridized carbons (Fsp3) is 0.444. The molecule has 3 heterocycles. The summed E-state index contributed by atoms with van der Waals surface area (Å²) in [6, 6.07) is 7.18. The van der Waals surface area contributed by atoms with E-state index >= 15 is 0 Å². The molecule has 7 nitrogen and oxygen atoms in total. The number of benzene rings is 1. The molecule has 1 aromatic carbocycles. The average molecular weight is 479 g/mol. The predicted molar refractivity (Wildman–Crippen MR) is 133 cm³/mol. The number of aliphatic carboxylic acids is 1. The number of aromatic amines is 1. The highest BCUT2D eigenvalue weighted by Gasteiger charge is 2.45. The molecule has 8 heteroatoms. The number of hydrogen-bond donors (Lipinski definition) is 2. The van der Waals surface area contributed by atoms with Gasteiger partial charge < -0.3 is 14.4 Å². The van der Waals surface area contributed by atoms with E-state index in [-0.39, 0.29) is 11.7 Å². The Bertz CT molecular complexity index is 1450. The number of carboxylic acid groups (broad SMARTS) is 1. The highest BCUT2D eigenvalue weighted by molar-refractivity contribution is 5.94. The topological polar surface area (TPSA) is 93.0 Å². The molecule has 0 saturated heterocycles. The van der Waals surface area contributed by atoms with Crippen LogP contribution in [-0.4, -0.2) is 44.5 Å². The van der Waals surface area contributed by atoms with Gasteiger partial charge in [0.15, 0.2) is 5.65 Å². The Labute approximate surface area is 203 Å². The van der Waals surface area contributed by atoms with Crippen LogP contribution in [0.3, 0.4) is 0 Å². The third-order valence-corrected chi connectivity index (χ3v) is 7.59. The first kappa shape index (κ1) is 23.5. The van der Waals surface area contributed by atoms with Crippen molar-refractivity contribution >= 4 is 28.0 Å². The summed E-state index contributed by atoms with van der Waals surface area (Å²) in [6.07, 6.45) is 3.63. The number of halogens is 1. The largest absolute Gasteiger partial charge is 0.481 e. The standard InChI is InChI=1S/C27H31FN4O3/c1-15-10-18(6-7-19(15)28)32-20-11-17-13-29-31-24(17)30-22(20)21(23(32)26(2,3)14-35-5)16-8-9-27(4,12-16)25(33)34/h6-7,10-11,13,16H,8-9,12,14H2,1-5H3,(H,33,34)(H,29,30,31)/t16-,27-/m1/s1. The number of pyridine rings is 1. The first-order valence-corrected chi connectivity index (χ1v) is 11.9. The molecule has 1 saturated carbocycles. The number of carboxylic acids is 1. The van der Waals surface area contributed by atoms with E-state index in [1.54, 1.807) is 26.3 Å². The van der Waals surface area contributed by atoms with Gasteiger partial charge in [0.05, 0.1) is 29.3 Å². The van der Waals surface area contributed by atoms with E-state index in [0.29, 0.717) is 30.7 Å². The first-order valence-electron chi connectivity index (χ1n) is 11.9. The zero-order valence-corrected chi connectivity index (χ0v) is 20.8. The average Bonchev–Trinajstić information content (AvgIpc) is 3.50. The van der Waals surface area contributed by atoms with Gasteiger partial charge in [-0.25, -0.2) is 9.37 Å². The molecule has 0 spiro atoms. The van der Waals surface area contributed by atoms with Crippen molar-refractivity contribution in [3.63, 3.8) is 0 Å². The Kier molecular flexibility index (Phi) is 5.47. The number of carbonyl (C=O) groups is 1. The fourth-order valence-corrected chi connectivity index (χ4v) is 5.79. The molecule has 4 aromatic rings. The number of nitrogens with zero attached hydrogens (tertiary/aromatic N) is 3. The number of ether oxygens (including phenoxy) is 1. The monoisotopic (exact) mass is 478 g/mol. The Morgan fingerprint density at radius 3 is 2.80 bits per heavy atom. The lowest BCUT2D eigenvalue weighted by Gasteiger charge is -2.29. The van der Waals surface area contributed by atoms with Crippen LogP contribution in [0.1, 0.15) is 62.8 Å². The maximum Gasteiger partial charge on any atom is 0.309 e. The van der Waals surface area contributed by atoms with Crippen LogP contribution < -0.4 is 0 Å². The van der Waals surface area contributed by atoms with Gasteiger partial charge in [-0.2, -0.15) is 5.10 Å². The van der Waals surface area contributed by atoms with E-state index in [9.17, 15) is 14.3 Å². The quantitative estimate of drug-likeness (QED) is 0.375. The van der Waals surface area contributed by atoms with Gasteiger partial charge in [0.2, 0.25) is 0 Å². The minimum absolute atomic E-state index is 0.0143. The molecule has 1 aliphatic rings. The fourth-order valence-electron chi connectivity index (χ4n) is 5.79. The summed E-state index contributed by atoms with van der Waals surface area (Å²) in [7, 11) is 1.68. The molecule has 0 radical (unpaired) electrons. The summed E-state index contributed by atoms with van der Waals surface area (Å²) < 4.78 is 22.1. The highest BCUT2D eigenvalue weighted by atomic mass is 19.1. The molecule has 0 unspecified atom stereocenters. The van der Waals surface area contributed by atoms with Crippen molar-refractivity contribution in [3.05, 3.63) is 53.1 Å². The number of aryl methyl sites for hydroxylation is 1. The highest BCUT2D eigenvalue weighted by Crippen LogP contribution is 2.51. The summed E-state index contributed by atoms with van der Waals surface area (Å²) in [5.74, 6) is -1.01. The van der Waals surface area contributed by atoms with Crippen molar-refractivity contribution in [2.75, 3.05) is 13.7 Å². The second-order valence-corrected chi connectivity index (χ2v) is 10.8. The lowest BCUT2D eigenvalue weighted by molar-refractivity contribution is -0.147. The van der Waals surface area contributed by atoms with E-state index in [0.717, 1.165) is 39.8 Å². The Morgan fingerprint density at radius 1 is 1.37 bits per heavy atom. The molecule has 184 valence electrons. The van der Waals surface area contributed by atoms with Crippen molar-refractivity contribution < 1.29 is 19.0 Å². The number of nitrogens with one attached hydrogen (secondary N) is 1. The summed E-state index contributed by atoms with van der Waals surface area (Å²) >= 11 is 0.